The zero-order chi connectivity index (χ0) is 13.4. The number of rotatable bonds is 5. The van der Waals surface area contributed by atoms with Crippen molar-refractivity contribution in [3.8, 4) is 5.75 Å². The number of carbonyl (C=O) groups excluding carboxylic acids is 1. The van der Waals surface area contributed by atoms with Gasteiger partial charge in [-0.05, 0) is 18.6 Å². The normalized spacial score (nSPS) is 22.2. The third-order valence-electron chi connectivity index (χ3n) is 3.45. The molecule has 0 aromatic heterocycles. The van der Waals surface area contributed by atoms with Crippen molar-refractivity contribution in [2.45, 2.75) is 25.6 Å². The van der Waals surface area contributed by atoms with E-state index in [4.69, 9.17) is 14.2 Å². The third kappa shape index (κ3) is 2.12. The zero-order valence-corrected chi connectivity index (χ0v) is 10.8. The number of hydrogen-bond donors (Lipinski definition) is 0. The molecule has 2 aliphatic rings. The van der Waals surface area contributed by atoms with Crippen LogP contribution in [0, 0.1) is 0 Å². The van der Waals surface area contributed by atoms with Gasteiger partial charge in [0.25, 0.3) is 0 Å². The lowest BCUT2D eigenvalue weighted by Gasteiger charge is -2.26. The van der Waals surface area contributed by atoms with Gasteiger partial charge < -0.3 is 14.2 Å². The lowest BCUT2D eigenvalue weighted by molar-refractivity contribution is -0.141. The second-order valence-corrected chi connectivity index (χ2v) is 4.88. The summed E-state index contributed by atoms with van der Waals surface area (Å²) >= 11 is 0. The summed E-state index contributed by atoms with van der Waals surface area (Å²) in [7, 11) is 0. The van der Waals surface area contributed by atoms with Gasteiger partial charge in [0.05, 0.1) is 12.7 Å². The quantitative estimate of drug-likeness (QED) is 0.464. The summed E-state index contributed by atoms with van der Waals surface area (Å²) in [5, 5.41) is 0. The average molecular weight is 260 g/mol. The molecule has 1 aliphatic carbocycles. The summed E-state index contributed by atoms with van der Waals surface area (Å²) in [4.78, 5) is 11.2. The van der Waals surface area contributed by atoms with E-state index in [0.29, 0.717) is 12.2 Å². The Morgan fingerprint density at radius 3 is 3.11 bits per heavy atom. The van der Waals surface area contributed by atoms with Crippen LogP contribution in [0.4, 0.5) is 0 Å². The summed E-state index contributed by atoms with van der Waals surface area (Å²) in [5.41, 5.74) is 2.90. The Labute approximate surface area is 112 Å². The lowest BCUT2D eigenvalue weighted by Crippen LogP contribution is -2.15. The highest BCUT2D eigenvalue weighted by atomic mass is 16.6. The number of benzene rings is 1. The van der Waals surface area contributed by atoms with Crippen LogP contribution in [0.25, 0.3) is 0 Å². The largest absolute Gasteiger partial charge is 0.485 e. The van der Waals surface area contributed by atoms with Crippen molar-refractivity contribution < 1.29 is 19.0 Å². The Hall–Kier alpha value is -1.81. The van der Waals surface area contributed by atoms with Crippen LogP contribution in [-0.4, -0.2) is 19.2 Å². The molecule has 1 aromatic carbocycles. The molecule has 2 atom stereocenters. The molecule has 3 rings (SSSR count). The van der Waals surface area contributed by atoms with Gasteiger partial charge in [0.1, 0.15) is 18.5 Å². The molecule has 4 nitrogen and oxygen atoms in total. The summed E-state index contributed by atoms with van der Waals surface area (Å²) in [6.07, 6.45) is 1.08. The number of esters is 1. The molecule has 4 heteroatoms. The molecule has 2 unspecified atom stereocenters. The highest BCUT2D eigenvalue weighted by Crippen LogP contribution is 2.53. The Morgan fingerprint density at radius 2 is 2.32 bits per heavy atom. The maximum absolute atomic E-state index is 11.2. The van der Waals surface area contributed by atoms with Crippen molar-refractivity contribution in [2.75, 3.05) is 13.2 Å². The molecule has 0 N–H and O–H groups in total. The van der Waals surface area contributed by atoms with Gasteiger partial charge in [0.15, 0.2) is 0 Å². The maximum Gasteiger partial charge on any atom is 0.333 e. The molecule has 0 radical (unpaired) electrons. The fourth-order valence-corrected chi connectivity index (χ4v) is 2.54. The molecule has 1 heterocycles. The van der Waals surface area contributed by atoms with Crippen LogP contribution in [0.2, 0.25) is 0 Å². The van der Waals surface area contributed by atoms with E-state index in [1.165, 1.54) is 11.1 Å². The predicted octanol–water partition coefficient (Wildman–Crippen LogP) is 2.70. The van der Waals surface area contributed by atoms with Crippen LogP contribution in [0.15, 0.2) is 30.4 Å². The second-order valence-electron chi connectivity index (χ2n) is 4.88. The lowest BCUT2D eigenvalue weighted by atomic mass is 10.0. The van der Waals surface area contributed by atoms with Gasteiger partial charge >= 0.3 is 5.97 Å². The van der Waals surface area contributed by atoms with E-state index in [1.54, 1.807) is 6.92 Å². The van der Waals surface area contributed by atoms with Crippen LogP contribution < -0.4 is 4.74 Å². The van der Waals surface area contributed by atoms with E-state index in [1.807, 2.05) is 12.1 Å². The van der Waals surface area contributed by atoms with E-state index >= 15 is 0 Å². The van der Waals surface area contributed by atoms with Crippen molar-refractivity contribution in [2.24, 2.45) is 0 Å². The minimum Gasteiger partial charge on any atom is -0.485 e. The van der Waals surface area contributed by atoms with Crippen molar-refractivity contribution in [1.82, 2.24) is 0 Å². The third-order valence-corrected chi connectivity index (χ3v) is 3.45. The number of hydrogen-bond acceptors (Lipinski definition) is 4. The van der Waals surface area contributed by atoms with Gasteiger partial charge in [-0.3, -0.25) is 0 Å². The van der Waals surface area contributed by atoms with E-state index in [9.17, 15) is 4.79 Å². The van der Waals surface area contributed by atoms with E-state index in [-0.39, 0.29) is 24.8 Å². The maximum atomic E-state index is 11.2. The van der Waals surface area contributed by atoms with Crippen molar-refractivity contribution in [3.05, 3.63) is 41.5 Å². The first kappa shape index (κ1) is 12.2. The molecule has 100 valence electrons. The number of carbonyl (C=O) groups is 1. The van der Waals surface area contributed by atoms with E-state index in [0.717, 1.165) is 12.2 Å². The standard InChI is InChI=1S/C15H16O4/c1-9(2)15(16)18-7-6-17-12-8-13-14-10(12)4-3-5-11(14)19-13/h3-5,12-13H,1,6-8H2,2H3. The predicted molar refractivity (Wildman–Crippen MR) is 68.9 cm³/mol. The molecule has 19 heavy (non-hydrogen) atoms. The molecule has 0 saturated carbocycles. The average Bonchev–Trinajstić information content (AvgIpc) is 2.69. The fourth-order valence-electron chi connectivity index (χ4n) is 2.54. The topological polar surface area (TPSA) is 44.8 Å². The van der Waals surface area contributed by atoms with Gasteiger partial charge in [-0.25, -0.2) is 4.79 Å². The molecule has 0 fully saturated rings. The van der Waals surface area contributed by atoms with Crippen molar-refractivity contribution >= 4 is 5.97 Å². The molecule has 0 amide bonds. The van der Waals surface area contributed by atoms with Gasteiger partial charge in [-0.1, -0.05) is 18.7 Å². The summed E-state index contributed by atoms with van der Waals surface area (Å²) in [6, 6.07) is 6.03. The first-order valence-electron chi connectivity index (χ1n) is 6.40. The molecule has 1 aliphatic heterocycles. The van der Waals surface area contributed by atoms with Crippen LogP contribution in [0.1, 0.15) is 36.7 Å². The zero-order valence-electron chi connectivity index (χ0n) is 10.8. The van der Waals surface area contributed by atoms with Gasteiger partial charge in [-0.15, -0.1) is 0 Å². The van der Waals surface area contributed by atoms with Crippen LogP contribution in [0.3, 0.4) is 0 Å². The minimum atomic E-state index is -0.372. The second kappa shape index (κ2) is 4.70. The van der Waals surface area contributed by atoms with E-state index in [2.05, 4.69) is 12.6 Å². The number of ether oxygens (including phenoxy) is 3. The van der Waals surface area contributed by atoms with Gasteiger partial charge in [-0.2, -0.15) is 0 Å². The minimum absolute atomic E-state index is 0.0472. The Bertz CT molecular complexity index is 535. The highest BCUT2D eigenvalue weighted by molar-refractivity contribution is 5.86. The molecule has 1 aromatic rings. The van der Waals surface area contributed by atoms with Crippen molar-refractivity contribution in [1.29, 1.82) is 0 Å². The molecular weight excluding hydrogens is 244 g/mol. The smallest absolute Gasteiger partial charge is 0.333 e. The van der Waals surface area contributed by atoms with Crippen LogP contribution >= 0.6 is 0 Å². The first-order valence-corrected chi connectivity index (χ1v) is 6.40. The summed E-state index contributed by atoms with van der Waals surface area (Å²) in [6.45, 7) is 5.79. The van der Waals surface area contributed by atoms with Gasteiger partial charge in [0, 0.05) is 17.6 Å². The Morgan fingerprint density at radius 1 is 1.47 bits per heavy atom. The van der Waals surface area contributed by atoms with Crippen molar-refractivity contribution in [3.63, 3.8) is 0 Å². The molecule has 0 spiro atoms. The summed E-state index contributed by atoms with van der Waals surface area (Å²) < 4.78 is 16.4. The van der Waals surface area contributed by atoms with Crippen LogP contribution in [-0.2, 0) is 14.3 Å². The first-order chi connectivity index (χ1) is 9.16. The Kier molecular flexibility index (Phi) is 3.03. The molecular formula is C15H16O4. The molecule has 0 saturated heterocycles. The van der Waals surface area contributed by atoms with E-state index < -0.39 is 0 Å². The van der Waals surface area contributed by atoms with Crippen LogP contribution in [0.5, 0.6) is 5.75 Å². The van der Waals surface area contributed by atoms with Gasteiger partial charge in [0.2, 0.25) is 0 Å². The SMILES string of the molecule is C=C(C)C(=O)OCCOC1CC2Oc3cccc1c32. The Balaban J connectivity index is 1.51. The fraction of sp³-hybridized carbons (Fsp3) is 0.400. The molecule has 0 bridgehead atoms. The highest BCUT2D eigenvalue weighted by Gasteiger charge is 2.41. The monoisotopic (exact) mass is 260 g/mol. The summed E-state index contributed by atoms with van der Waals surface area (Å²) in [5.74, 6) is 0.602.